The van der Waals surface area contributed by atoms with E-state index in [0.717, 1.165) is 28.1 Å². The molecule has 0 bridgehead atoms. The van der Waals surface area contributed by atoms with E-state index in [0.29, 0.717) is 0 Å². The molecular weight excluding hydrogens is 441 g/mol. The first-order valence-electron chi connectivity index (χ1n) is 12.3. The Morgan fingerprint density at radius 3 is 2.44 bits per heavy atom. The summed E-state index contributed by atoms with van der Waals surface area (Å²) in [6.45, 7) is 0.0651. The van der Waals surface area contributed by atoms with Crippen LogP contribution in [0.1, 0.15) is 0 Å². The zero-order chi connectivity index (χ0) is 23.4. The average molecular weight is 459 g/mol. The molecule has 36 heavy (non-hydrogen) atoms. The quantitative estimate of drug-likeness (QED) is 0.303. The number of aromatic nitrogens is 2. The molecule has 2 aliphatic heterocycles. The van der Waals surface area contributed by atoms with E-state index in [1.807, 2.05) is 12.4 Å². The highest BCUT2D eigenvalue weighted by atomic mass is 16.4. The molecule has 166 valence electrons. The van der Waals surface area contributed by atoms with Crippen molar-refractivity contribution in [1.29, 1.82) is 0 Å². The number of pyridine rings is 1. The topological polar surface area (TPSA) is 34.2 Å². The molecule has 0 aliphatic carbocycles. The zero-order valence-corrected chi connectivity index (χ0v) is 19.2. The van der Waals surface area contributed by atoms with Gasteiger partial charge in [-0.25, -0.2) is 0 Å². The van der Waals surface area contributed by atoms with Gasteiger partial charge in [0, 0.05) is 44.9 Å². The van der Waals surface area contributed by atoms with Crippen molar-refractivity contribution in [3.8, 4) is 5.88 Å². The minimum absolute atomic E-state index is 0.0651. The second kappa shape index (κ2) is 6.46. The summed E-state index contributed by atoms with van der Waals surface area (Å²) in [4.78, 5) is 6.79. The molecule has 4 aromatic carbocycles. The Hall–Kier alpha value is -4.77. The van der Waals surface area contributed by atoms with Crippen molar-refractivity contribution < 1.29 is 4.42 Å². The lowest BCUT2D eigenvalue weighted by atomic mass is 9.34. The monoisotopic (exact) mass is 459 g/mol. The summed E-state index contributed by atoms with van der Waals surface area (Å²) in [6.07, 6.45) is 3.71. The Balaban J connectivity index is 1.54. The standard InChI is InChI=1S/C31H18BN3O/c1-2-8-19(9-3-1)34-25-13-7-5-11-23(25)32-28-22-16-17-33-18-27(22)36-31(28)35-24-12-6-4-10-20(24)21-14-15-26(34)29(32)30(21)35/h1-18H. The van der Waals surface area contributed by atoms with Gasteiger partial charge in [-0.2, -0.15) is 0 Å². The normalized spacial score (nSPS) is 13.4. The molecule has 9 rings (SSSR count). The highest BCUT2D eigenvalue weighted by molar-refractivity contribution is 7.01. The summed E-state index contributed by atoms with van der Waals surface area (Å²) >= 11 is 0. The summed E-state index contributed by atoms with van der Waals surface area (Å²) in [5, 5.41) is 3.62. The molecule has 4 nitrogen and oxygen atoms in total. The van der Waals surface area contributed by atoms with Crippen LogP contribution in [0, 0.1) is 0 Å². The largest absolute Gasteiger partial charge is 0.439 e. The SMILES string of the molecule is c1ccc(N2c3ccccc3B3c4c(oc5cnccc45)-n4c5ccccc5c5ccc2c3c54)cc1. The summed E-state index contributed by atoms with van der Waals surface area (Å²) < 4.78 is 8.95. The van der Waals surface area contributed by atoms with Gasteiger partial charge in [0.1, 0.15) is 0 Å². The smallest absolute Gasteiger partial charge is 0.257 e. The number of hydrogen-bond donors (Lipinski definition) is 0. The van der Waals surface area contributed by atoms with Crippen LogP contribution in [-0.2, 0) is 0 Å². The fraction of sp³-hybridized carbons (Fsp3) is 0. The van der Waals surface area contributed by atoms with Crippen molar-refractivity contribution in [3.05, 3.63) is 109 Å². The van der Waals surface area contributed by atoms with Crippen molar-refractivity contribution in [2.45, 2.75) is 0 Å². The minimum atomic E-state index is 0.0651. The molecule has 0 radical (unpaired) electrons. The Labute approximate surface area is 207 Å². The van der Waals surface area contributed by atoms with E-state index in [-0.39, 0.29) is 6.71 Å². The maximum Gasteiger partial charge on any atom is 0.257 e. The number of benzene rings is 4. The zero-order valence-electron chi connectivity index (χ0n) is 19.2. The predicted molar refractivity (Wildman–Crippen MR) is 148 cm³/mol. The number of furan rings is 1. The van der Waals surface area contributed by atoms with Gasteiger partial charge in [-0.05, 0) is 47.3 Å². The third-order valence-electron chi connectivity index (χ3n) is 7.89. The number of anilines is 3. The van der Waals surface area contributed by atoms with Gasteiger partial charge >= 0.3 is 0 Å². The molecule has 0 atom stereocenters. The first-order chi connectivity index (χ1) is 17.9. The third-order valence-corrected chi connectivity index (χ3v) is 7.89. The van der Waals surface area contributed by atoms with Crippen molar-refractivity contribution in [2.75, 3.05) is 4.90 Å². The van der Waals surface area contributed by atoms with Crippen LogP contribution in [0.25, 0.3) is 38.7 Å². The highest BCUT2D eigenvalue weighted by Crippen LogP contribution is 2.43. The second-order valence-corrected chi connectivity index (χ2v) is 9.60. The number of nitrogens with zero attached hydrogens (tertiary/aromatic N) is 3. The van der Waals surface area contributed by atoms with Gasteiger partial charge in [-0.1, -0.05) is 60.7 Å². The fourth-order valence-electron chi connectivity index (χ4n) is 6.54. The lowest BCUT2D eigenvalue weighted by molar-refractivity contribution is 0.591. The van der Waals surface area contributed by atoms with Crippen molar-refractivity contribution >= 4 is 72.9 Å². The van der Waals surface area contributed by atoms with Crippen LogP contribution in [0.3, 0.4) is 0 Å². The number of hydrogen-bond acceptors (Lipinski definition) is 3. The Morgan fingerprint density at radius 2 is 1.50 bits per heavy atom. The lowest BCUT2D eigenvalue weighted by Crippen LogP contribution is -2.60. The van der Waals surface area contributed by atoms with Crippen LogP contribution in [0.5, 0.6) is 0 Å². The molecule has 0 unspecified atom stereocenters. The van der Waals surface area contributed by atoms with E-state index >= 15 is 0 Å². The van der Waals surface area contributed by atoms with Crippen molar-refractivity contribution in [2.24, 2.45) is 0 Å². The molecule has 7 aromatic rings. The van der Waals surface area contributed by atoms with Gasteiger partial charge in [-0.3, -0.25) is 9.55 Å². The molecule has 0 saturated heterocycles. The number of para-hydroxylation sites is 3. The van der Waals surface area contributed by atoms with E-state index in [4.69, 9.17) is 4.42 Å². The van der Waals surface area contributed by atoms with Gasteiger partial charge in [0.2, 0.25) is 5.88 Å². The van der Waals surface area contributed by atoms with E-state index in [9.17, 15) is 0 Å². The molecule has 0 fully saturated rings. The van der Waals surface area contributed by atoms with Crippen molar-refractivity contribution in [1.82, 2.24) is 9.55 Å². The van der Waals surface area contributed by atoms with Crippen LogP contribution in [0.2, 0.25) is 0 Å². The maximum absolute atomic E-state index is 6.61. The third kappa shape index (κ3) is 2.10. The van der Waals surface area contributed by atoms with E-state index in [1.165, 1.54) is 44.1 Å². The number of fused-ring (bicyclic) bond motifs is 10. The highest BCUT2D eigenvalue weighted by Gasteiger charge is 2.44. The molecular formula is C31H18BN3O. The summed E-state index contributed by atoms with van der Waals surface area (Å²) in [7, 11) is 0. The molecule has 0 saturated carbocycles. The molecule has 3 aromatic heterocycles. The summed E-state index contributed by atoms with van der Waals surface area (Å²) in [5.74, 6) is 0.904. The molecule has 5 heterocycles. The lowest BCUT2D eigenvalue weighted by Gasteiger charge is -2.38. The van der Waals surface area contributed by atoms with Crippen LogP contribution in [-0.4, -0.2) is 16.3 Å². The van der Waals surface area contributed by atoms with Crippen LogP contribution in [0.4, 0.5) is 17.1 Å². The first kappa shape index (κ1) is 18.5. The van der Waals surface area contributed by atoms with Crippen molar-refractivity contribution in [3.63, 3.8) is 0 Å². The van der Waals surface area contributed by atoms with Crippen LogP contribution >= 0.6 is 0 Å². The minimum Gasteiger partial charge on any atom is -0.439 e. The molecule has 0 amide bonds. The predicted octanol–water partition coefficient (Wildman–Crippen LogP) is 5.54. The summed E-state index contributed by atoms with van der Waals surface area (Å²) in [6, 6.07) is 34.8. The number of rotatable bonds is 1. The summed E-state index contributed by atoms with van der Waals surface area (Å²) in [5.41, 5.74) is 10.6. The second-order valence-electron chi connectivity index (χ2n) is 9.60. The van der Waals surface area contributed by atoms with Gasteiger partial charge in [0.05, 0.1) is 17.2 Å². The fourth-order valence-corrected chi connectivity index (χ4v) is 6.54. The van der Waals surface area contributed by atoms with Crippen LogP contribution < -0.4 is 21.3 Å². The maximum atomic E-state index is 6.61. The Morgan fingerprint density at radius 1 is 0.667 bits per heavy atom. The Bertz CT molecular complexity index is 2020. The van der Waals surface area contributed by atoms with Gasteiger partial charge in [0.15, 0.2) is 5.58 Å². The molecule has 5 heteroatoms. The Kier molecular flexibility index (Phi) is 3.33. The average Bonchev–Trinajstić information content (AvgIpc) is 3.49. The van der Waals surface area contributed by atoms with Crippen LogP contribution in [0.15, 0.2) is 114 Å². The first-order valence-corrected chi connectivity index (χ1v) is 12.3. The molecule has 2 aliphatic rings. The van der Waals surface area contributed by atoms with E-state index in [1.54, 1.807) is 0 Å². The molecule has 0 N–H and O–H groups in total. The molecule has 0 spiro atoms. The van der Waals surface area contributed by atoms with E-state index in [2.05, 4.69) is 112 Å². The van der Waals surface area contributed by atoms with E-state index < -0.39 is 0 Å². The van der Waals surface area contributed by atoms with Gasteiger partial charge < -0.3 is 9.32 Å². The van der Waals surface area contributed by atoms with Gasteiger partial charge in [0.25, 0.3) is 6.71 Å². The van der Waals surface area contributed by atoms with Gasteiger partial charge in [-0.15, -0.1) is 0 Å².